The fourth-order valence-corrected chi connectivity index (χ4v) is 6.61. The molecule has 1 aromatic heterocycles. The zero-order chi connectivity index (χ0) is 32.1. The first-order valence-corrected chi connectivity index (χ1v) is 16.9. The van der Waals surface area contributed by atoms with E-state index in [1.54, 1.807) is 60.2 Å². The summed E-state index contributed by atoms with van der Waals surface area (Å²) in [5.74, 6) is 0.295. The van der Waals surface area contributed by atoms with E-state index in [9.17, 15) is 14.4 Å². The van der Waals surface area contributed by atoms with Crippen LogP contribution in [0.15, 0.2) is 68.4 Å². The number of amides is 1. The van der Waals surface area contributed by atoms with Crippen LogP contribution in [-0.4, -0.2) is 73.2 Å². The zero-order valence-corrected chi connectivity index (χ0v) is 27.7. The molecule has 0 unspecified atom stereocenters. The number of thioether (sulfide) groups is 1. The van der Waals surface area contributed by atoms with Crippen LogP contribution in [0.1, 0.15) is 44.9 Å². The van der Waals surface area contributed by atoms with Crippen LogP contribution in [0.2, 0.25) is 0 Å². The molecule has 2 aliphatic heterocycles. The summed E-state index contributed by atoms with van der Waals surface area (Å²) in [6, 6.07) is 12.5. The number of aromatic nitrogens is 1. The molecule has 3 aromatic rings. The Bertz CT molecular complexity index is 1770. The second-order valence-corrected chi connectivity index (χ2v) is 12.6. The summed E-state index contributed by atoms with van der Waals surface area (Å²) in [4.78, 5) is 47.9. The van der Waals surface area contributed by atoms with Crippen LogP contribution in [0.4, 0.5) is 0 Å². The van der Waals surface area contributed by atoms with Crippen LogP contribution in [0.5, 0.6) is 11.5 Å². The summed E-state index contributed by atoms with van der Waals surface area (Å²) in [6.45, 7) is 9.62. The predicted octanol–water partition coefficient (Wildman–Crippen LogP) is 3.55. The largest absolute Gasteiger partial charge is 0.490 e. The van der Waals surface area contributed by atoms with Gasteiger partial charge in [-0.25, -0.2) is 9.79 Å². The molecule has 5 rings (SSSR count). The molecule has 3 heterocycles. The number of ether oxygens (including phenoxy) is 4. The zero-order valence-electron chi connectivity index (χ0n) is 26.0. The lowest BCUT2D eigenvalue weighted by Gasteiger charge is -2.26. The van der Waals surface area contributed by atoms with Crippen molar-refractivity contribution in [1.82, 2.24) is 9.47 Å². The number of benzene rings is 2. The average Bonchev–Trinajstić information content (AvgIpc) is 3.33. The van der Waals surface area contributed by atoms with E-state index in [0.29, 0.717) is 70.6 Å². The summed E-state index contributed by atoms with van der Waals surface area (Å²) in [5, 5.41) is 0. The van der Waals surface area contributed by atoms with Crippen molar-refractivity contribution in [3.63, 3.8) is 0 Å². The highest BCUT2D eigenvalue weighted by Gasteiger charge is 2.33. The molecular weight excluding hydrogens is 615 g/mol. The van der Waals surface area contributed by atoms with Crippen LogP contribution in [0, 0.1) is 0 Å². The van der Waals surface area contributed by atoms with E-state index in [4.69, 9.17) is 18.9 Å². The third-order valence-electron chi connectivity index (χ3n) is 7.30. The minimum atomic E-state index is -0.690. The summed E-state index contributed by atoms with van der Waals surface area (Å²) in [6.07, 6.45) is 3.44. The number of esters is 1. The number of hydrogen-bond acceptors (Lipinski definition) is 10. The van der Waals surface area contributed by atoms with Crippen molar-refractivity contribution in [3.8, 4) is 11.5 Å². The first-order valence-electron chi connectivity index (χ1n) is 14.8. The Hall–Kier alpha value is -3.87. The SMILES string of the molecule is CCOc1cc(/C=c2\sc3n(c2=O)[C@@H](c2ccc(SC)cc2)C(C(=O)OC(C)C)=C(C)N=3)ccc1OCC(=O)N1CCOCC1. The molecule has 1 amide bonds. The van der Waals surface area contributed by atoms with Crippen molar-refractivity contribution < 1.29 is 28.5 Å². The summed E-state index contributed by atoms with van der Waals surface area (Å²) in [5.41, 5.74) is 2.09. The maximum Gasteiger partial charge on any atom is 0.338 e. The van der Waals surface area contributed by atoms with Gasteiger partial charge in [0.15, 0.2) is 22.9 Å². The van der Waals surface area contributed by atoms with E-state index in [2.05, 4.69) is 4.99 Å². The van der Waals surface area contributed by atoms with E-state index in [1.807, 2.05) is 43.5 Å². The molecule has 0 spiro atoms. The molecule has 10 nitrogen and oxygen atoms in total. The highest BCUT2D eigenvalue weighted by atomic mass is 32.2. The van der Waals surface area contributed by atoms with Gasteiger partial charge in [-0.1, -0.05) is 29.5 Å². The maximum absolute atomic E-state index is 14.0. The molecule has 1 fully saturated rings. The lowest BCUT2D eigenvalue weighted by molar-refractivity contribution is -0.143. The number of allylic oxidation sites excluding steroid dienone is 1. The standard InChI is InChI=1S/C33H37N3O7S2/c1-6-41-26-17-22(7-12-25(26)42-19-28(37)35-13-15-40-16-14-35)18-27-31(38)36-30(23-8-10-24(44-5)11-9-23)29(32(39)43-20(2)3)21(4)34-33(36)45-27/h7-12,17-18,20,30H,6,13-16,19H2,1-5H3/b27-18-/t30-/m0/s1. The van der Waals surface area contributed by atoms with Gasteiger partial charge in [-0.2, -0.15) is 0 Å². The maximum atomic E-state index is 14.0. The fourth-order valence-electron chi connectivity index (χ4n) is 5.16. The van der Waals surface area contributed by atoms with Gasteiger partial charge in [-0.15, -0.1) is 11.8 Å². The number of fused-ring (bicyclic) bond motifs is 1. The molecule has 2 aromatic carbocycles. The molecule has 0 radical (unpaired) electrons. The van der Waals surface area contributed by atoms with E-state index >= 15 is 0 Å². The first-order chi connectivity index (χ1) is 21.7. The van der Waals surface area contributed by atoms with Crippen molar-refractivity contribution >= 4 is 41.1 Å². The van der Waals surface area contributed by atoms with E-state index < -0.39 is 12.0 Å². The molecule has 12 heteroatoms. The summed E-state index contributed by atoms with van der Waals surface area (Å²) >= 11 is 2.87. The second-order valence-electron chi connectivity index (χ2n) is 10.7. The lowest BCUT2D eigenvalue weighted by Crippen LogP contribution is -2.43. The number of carbonyl (C=O) groups is 2. The van der Waals surface area contributed by atoms with Gasteiger partial charge in [0.25, 0.3) is 11.5 Å². The Balaban J connectivity index is 1.51. The highest BCUT2D eigenvalue weighted by molar-refractivity contribution is 7.98. The van der Waals surface area contributed by atoms with Crippen LogP contribution in [0.3, 0.4) is 0 Å². The number of thiazole rings is 1. The monoisotopic (exact) mass is 651 g/mol. The third kappa shape index (κ3) is 7.34. The second kappa shape index (κ2) is 14.5. The van der Waals surface area contributed by atoms with E-state index in [1.165, 1.54) is 11.3 Å². The lowest BCUT2D eigenvalue weighted by atomic mass is 9.96. The molecule has 1 atom stereocenters. The van der Waals surface area contributed by atoms with Gasteiger partial charge < -0.3 is 23.8 Å². The van der Waals surface area contributed by atoms with Gasteiger partial charge in [0.05, 0.1) is 47.8 Å². The third-order valence-corrected chi connectivity index (χ3v) is 9.02. The van der Waals surface area contributed by atoms with Crippen molar-refractivity contribution in [1.29, 1.82) is 0 Å². The molecular formula is C33H37N3O7S2. The molecule has 0 N–H and O–H groups in total. The number of nitrogens with zero attached hydrogens (tertiary/aromatic N) is 3. The smallest absolute Gasteiger partial charge is 0.338 e. The van der Waals surface area contributed by atoms with Gasteiger partial charge in [-0.3, -0.25) is 14.2 Å². The molecule has 238 valence electrons. The quantitative estimate of drug-likeness (QED) is 0.242. The molecule has 0 saturated carbocycles. The summed E-state index contributed by atoms with van der Waals surface area (Å²) in [7, 11) is 0. The normalized spacial score (nSPS) is 16.8. The number of rotatable bonds is 10. The van der Waals surface area contributed by atoms with E-state index in [-0.39, 0.29) is 24.2 Å². The minimum Gasteiger partial charge on any atom is -0.490 e. The van der Waals surface area contributed by atoms with Gasteiger partial charge in [0.1, 0.15) is 0 Å². The van der Waals surface area contributed by atoms with Crippen LogP contribution in [0.25, 0.3) is 6.08 Å². The van der Waals surface area contributed by atoms with Crippen molar-refractivity contribution in [2.24, 2.45) is 4.99 Å². The minimum absolute atomic E-state index is 0.114. The van der Waals surface area contributed by atoms with Crippen molar-refractivity contribution in [3.05, 3.63) is 84.5 Å². The average molecular weight is 652 g/mol. The van der Waals surface area contributed by atoms with Crippen LogP contribution < -0.4 is 24.4 Å². The highest BCUT2D eigenvalue weighted by Crippen LogP contribution is 2.32. The van der Waals surface area contributed by atoms with Crippen molar-refractivity contribution in [2.45, 2.75) is 44.7 Å². The molecule has 45 heavy (non-hydrogen) atoms. The van der Waals surface area contributed by atoms with Gasteiger partial charge in [0, 0.05) is 18.0 Å². The predicted molar refractivity (Wildman–Crippen MR) is 174 cm³/mol. The van der Waals surface area contributed by atoms with E-state index in [0.717, 1.165) is 10.5 Å². The Kier molecular flexibility index (Phi) is 10.5. The Morgan fingerprint density at radius 1 is 1.11 bits per heavy atom. The number of hydrogen-bond donors (Lipinski definition) is 0. The Morgan fingerprint density at radius 3 is 2.51 bits per heavy atom. The Morgan fingerprint density at radius 2 is 1.84 bits per heavy atom. The molecule has 0 bridgehead atoms. The molecule has 1 saturated heterocycles. The van der Waals surface area contributed by atoms with Crippen LogP contribution in [-0.2, 0) is 19.1 Å². The first kappa shape index (κ1) is 32.5. The van der Waals surface area contributed by atoms with Gasteiger partial charge in [0.2, 0.25) is 0 Å². The molecule has 0 aliphatic carbocycles. The topological polar surface area (TPSA) is 109 Å². The summed E-state index contributed by atoms with van der Waals surface area (Å²) < 4.78 is 24.6. The van der Waals surface area contributed by atoms with Crippen LogP contribution >= 0.6 is 23.1 Å². The number of carbonyl (C=O) groups excluding carboxylic acids is 2. The Labute approximate surface area is 270 Å². The number of morpholine rings is 1. The van der Waals surface area contributed by atoms with Gasteiger partial charge >= 0.3 is 5.97 Å². The fraction of sp³-hybridized carbons (Fsp3) is 0.394. The molecule has 2 aliphatic rings. The van der Waals surface area contributed by atoms with Gasteiger partial charge in [-0.05, 0) is 75.4 Å². The van der Waals surface area contributed by atoms with Crippen molar-refractivity contribution in [2.75, 3.05) is 45.8 Å².